The van der Waals surface area contributed by atoms with Crippen molar-refractivity contribution >= 4 is 5.97 Å². The summed E-state index contributed by atoms with van der Waals surface area (Å²) in [5.74, 6) is -0.899. The van der Waals surface area contributed by atoms with Crippen LogP contribution in [-0.4, -0.2) is 27.8 Å². The molecule has 0 saturated heterocycles. The minimum Gasteiger partial charge on any atom is -0.481 e. The van der Waals surface area contributed by atoms with Gasteiger partial charge in [-0.05, 0) is 13.3 Å². The van der Waals surface area contributed by atoms with Crippen LogP contribution in [0.25, 0.3) is 0 Å². The van der Waals surface area contributed by atoms with Crippen LogP contribution in [0, 0.1) is 5.92 Å². The minimum atomic E-state index is -0.873. The Morgan fingerprint density at radius 3 is 2.63 bits per heavy atom. The van der Waals surface area contributed by atoms with Crippen molar-refractivity contribution in [2.75, 3.05) is 6.61 Å². The molecule has 0 aliphatic heterocycles. The summed E-state index contributed by atoms with van der Waals surface area (Å²) in [4.78, 5) is 15.2. The zero-order valence-corrected chi connectivity index (χ0v) is 11.9. The Morgan fingerprint density at radius 1 is 1.42 bits per heavy atom. The standard InChI is InChI=1S/C13H22N2O4/c1-5-7-10(18-6-2)11-14-12(19-15-11)8(3)9(4)13(16)17/h8-10H,5-7H2,1-4H3,(H,16,17). The summed E-state index contributed by atoms with van der Waals surface area (Å²) >= 11 is 0. The van der Waals surface area contributed by atoms with Crippen molar-refractivity contribution in [2.24, 2.45) is 5.92 Å². The smallest absolute Gasteiger partial charge is 0.307 e. The largest absolute Gasteiger partial charge is 0.481 e. The van der Waals surface area contributed by atoms with Crippen molar-refractivity contribution in [1.29, 1.82) is 0 Å². The molecule has 6 heteroatoms. The number of nitrogens with zero attached hydrogens (tertiary/aromatic N) is 2. The highest BCUT2D eigenvalue weighted by molar-refractivity contribution is 5.70. The van der Waals surface area contributed by atoms with Crippen molar-refractivity contribution in [3.05, 3.63) is 11.7 Å². The fourth-order valence-electron chi connectivity index (χ4n) is 1.74. The molecule has 0 radical (unpaired) electrons. The van der Waals surface area contributed by atoms with Gasteiger partial charge in [-0.25, -0.2) is 0 Å². The Balaban J connectivity index is 2.82. The molecule has 3 atom stereocenters. The van der Waals surface area contributed by atoms with E-state index < -0.39 is 11.9 Å². The molecule has 0 saturated carbocycles. The van der Waals surface area contributed by atoms with Gasteiger partial charge in [0.15, 0.2) is 0 Å². The Morgan fingerprint density at radius 2 is 2.11 bits per heavy atom. The Labute approximate surface area is 113 Å². The number of aromatic nitrogens is 2. The molecule has 0 fully saturated rings. The second kappa shape index (κ2) is 7.23. The molecule has 0 spiro atoms. The summed E-state index contributed by atoms with van der Waals surface area (Å²) in [5.41, 5.74) is 0. The van der Waals surface area contributed by atoms with Gasteiger partial charge in [0, 0.05) is 12.5 Å². The Bertz CT molecular complexity index is 399. The number of carbonyl (C=O) groups is 1. The van der Waals surface area contributed by atoms with Crippen molar-refractivity contribution in [1.82, 2.24) is 10.1 Å². The van der Waals surface area contributed by atoms with Gasteiger partial charge in [0.05, 0.1) is 5.92 Å². The second-order valence-electron chi connectivity index (χ2n) is 4.64. The third-order valence-electron chi connectivity index (χ3n) is 3.19. The van der Waals surface area contributed by atoms with E-state index in [1.807, 2.05) is 6.92 Å². The lowest BCUT2D eigenvalue weighted by molar-refractivity contribution is -0.141. The maximum absolute atomic E-state index is 10.9. The zero-order chi connectivity index (χ0) is 14.4. The topological polar surface area (TPSA) is 85.5 Å². The lowest BCUT2D eigenvalue weighted by atomic mass is 9.96. The van der Waals surface area contributed by atoms with E-state index >= 15 is 0 Å². The van der Waals surface area contributed by atoms with Crippen LogP contribution in [0.4, 0.5) is 0 Å². The third-order valence-corrected chi connectivity index (χ3v) is 3.19. The van der Waals surface area contributed by atoms with E-state index in [-0.39, 0.29) is 12.0 Å². The number of carboxylic acids is 1. The van der Waals surface area contributed by atoms with Gasteiger partial charge in [-0.2, -0.15) is 4.98 Å². The zero-order valence-electron chi connectivity index (χ0n) is 11.9. The van der Waals surface area contributed by atoms with Gasteiger partial charge in [-0.1, -0.05) is 32.3 Å². The molecule has 0 amide bonds. The van der Waals surface area contributed by atoms with Gasteiger partial charge < -0.3 is 14.4 Å². The van der Waals surface area contributed by atoms with E-state index in [4.69, 9.17) is 14.4 Å². The molecule has 6 nitrogen and oxygen atoms in total. The van der Waals surface area contributed by atoms with E-state index in [0.717, 1.165) is 12.8 Å². The summed E-state index contributed by atoms with van der Waals surface area (Å²) in [6, 6.07) is 0. The first kappa shape index (κ1) is 15.6. The summed E-state index contributed by atoms with van der Waals surface area (Å²) in [7, 11) is 0. The Hall–Kier alpha value is -1.43. The van der Waals surface area contributed by atoms with Crippen LogP contribution in [0.2, 0.25) is 0 Å². The molecule has 3 unspecified atom stereocenters. The van der Waals surface area contributed by atoms with Gasteiger partial charge in [-0.3, -0.25) is 4.79 Å². The summed E-state index contributed by atoms with van der Waals surface area (Å²) in [6.45, 7) is 7.95. The molecule has 19 heavy (non-hydrogen) atoms. The van der Waals surface area contributed by atoms with Crippen LogP contribution < -0.4 is 0 Å². The van der Waals surface area contributed by atoms with E-state index in [0.29, 0.717) is 18.3 Å². The molecular formula is C13H22N2O4. The normalized spacial score (nSPS) is 16.0. The van der Waals surface area contributed by atoms with Gasteiger partial charge >= 0.3 is 5.97 Å². The predicted molar refractivity (Wildman–Crippen MR) is 68.8 cm³/mol. The molecule has 1 rings (SSSR count). The van der Waals surface area contributed by atoms with E-state index in [2.05, 4.69) is 17.1 Å². The summed E-state index contributed by atoms with van der Waals surface area (Å²) in [6.07, 6.45) is 1.59. The fourth-order valence-corrected chi connectivity index (χ4v) is 1.74. The monoisotopic (exact) mass is 270 g/mol. The average Bonchev–Trinajstić information content (AvgIpc) is 2.86. The van der Waals surface area contributed by atoms with E-state index in [1.54, 1.807) is 13.8 Å². The predicted octanol–water partition coefficient (Wildman–Crippen LogP) is 2.77. The molecule has 1 N–H and O–H groups in total. The lowest BCUT2D eigenvalue weighted by Gasteiger charge is -2.12. The lowest BCUT2D eigenvalue weighted by Crippen LogP contribution is -2.17. The maximum atomic E-state index is 10.9. The van der Waals surface area contributed by atoms with E-state index in [1.165, 1.54) is 0 Å². The molecule has 0 aliphatic rings. The molecule has 0 bridgehead atoms. The van der Waals surface area contributed by atoms with Crippen molar-refractivity contribution in [3.8, 4) is 0 Å². The van der Waals surface area contributed by atoms with Crippen LogP contribution in [0.3, 0.4) is 0 Å². The van der Waals surface area contributed by atoms with Crippen LogP contribution in [0.5, 0.6) is 0 Å². The first-order valence-electron chi connectivity index (χ1n) is 6.69. The number of hydrogen-bond donors (Lipinski definition) is 1. The van der Waals surface area contributed by atoms with Crippen LogP contribution in [-0.2, 0) is 9.53 Å². The molecule has 1 aromatic heterocycles. The number of aliphatic carboxylic acids is 1. The van der Waals surface area contributed by atoms with Crippen LogP contribution >= 0.6 is 0 Å². The van der Waals surface area contributed by atoms with Crippen LogP contribution in [0.15, 0.2) is 4.52 Å². The van der Waals surface area contributed by atoms with Gasteiger partial charge in [0.2, 0.25) is 11.7 Å². The van der Waals surface area contributed by atoms with Gasteiger partial charge in [0.1, 0.15) is 6.10 Å². The third kappa shape index (κ3) is 4.02. The van der Waals surface area contributed by atoms with Crippen molar-refractivity contribution < 1.29 is 19.2 Å². The maximum Gasteiger partial charge on any atom is 0.307 e. The number of rotatable bonds is 8. The highest BCUT2D eigenvalue weighted by Gasteiger charge is 2.27. The van der Waals surface area contributed by atoms with E-state index in [9.17, 15) is 4.79 Å². The quantitative estimate of drug-likeness (QED) is 0.781. The summed E-state index contributed by atoms with van der Waals surface area (Å²) < 4.78 is 10.7. The average molecular weight is 270 g/mol. The number of hydrogen-bond acceptors (Lipinski definition) is 5. The molecule has 1 aromatic rings. The van der Waals surface area contributed by atoms with Gasteiger partial charge in [0.25, 0.3) is 0 Å². The molecule has 1 heterocycles. The first-order valence-corrected chi connectivity index (χ1v) is 6.69. The molecule has 0 aromatic carbocycles. The van der Waals surface area contributed by atoms with Gasteiger partial charge in [-0.15, -0.1) is 0 Å². The fraction of sp³-hybridized carbons (Fsp3) is 0.769. The van der Waals surface area contributed by atoms with Crippen molar-refractivity contribution in [2.45, 2.75) is 52.6 Å². The van der Waals surface area contributed by atoms with Crippen molar-refractivity contribution in [3.63, 3.8) is 0 Å². The SMILES string of the molecule is CCCC(OCC)c1noc(C(C)C(C)C(=O)O)n1. The number of ether oxygens (including phenoxy) is 1. The number of carboxylic acid groups (broad SMARTS) is 1. The Kier molecular flexibility index (Phi) is 5.95. The molecular weight excluding hydrogens is 248 g/mol. The molecule has 108 valence electrons. The second-order valence-corrected chi connectivity index (χ2v) is 4.64. The highest BCUT2D eigenvalue weighted by Crippen LogP contribution is 2.26. The molecule has 0 aliphatic carbocycles. The summed E-state index contributed by atoms with van der Waals surface area (Å²) in [5, 5.41) is 12.9. The highest BCUT2D eigenvalue weighted by atomic mass is 16.5. The van der Waals surface area contributed by atoms with Crippen LogP contribution in [0.1, 0.15) is 64.3 Å². The minimum absolute atomic E-state index is 0.181. The first-order chi connectivity index (χ1) is 9.01.